The third-order valence-electron chi connectivity index (χ3n) is 5.37. The second-order valence-corrected chi connectivity index (χ2v) is 7.67. The van der Waals surface area contributed by atoms with Gasteiger partial charge in [0.05, 0.1) is 26.4 Å². The van der Waals surface area contributed by atoms with Crippen molar-refractivity contribution in [3.8, 4) is 5.75 Å². The van der Waals surface area contributed by atoms with Gasteiger partial charge >= 0.3 is 0 Å². The Morgan fingerprint density at radius 1 is 1.00 bits per heavy atom. The zero-order valence-corrected chi connectivity index (χ0v) is 16.5. The van der Waals surface area contributed by atoms with E-state index >= 15 is 0 Å². The predicted octanol–water partition coefficient (Wildman–Crippen LogP) is -3.29. The molecule has 9 atom stereocenters. The summed E-state index contributed by atoms with van der Waals surface area (Å²) >= 11 is 0. The number of phenolic OH excluding ortho intramolecular Hbond substituents is 1. The number of aliphatic hydroxyl groups is 7. The van der Waals surface area contributed by atoms with Crippen LogP contribution in [-0.4, -0.2) is 116 Å². The van der Waals surface area contributed by atoms with Gasteiger partial charge in [-0.3, -0.25) is 0 Å². The second kappa shape index (κ2) is 10.0. The molecule has 0 saturated carbocycles. The van der Waals surface area contributed by atoms with Gasteiger partial charge in [0, 0.05) is 0 Å². The van der Waals surface area contributed by atoms with Crippen molar-refractivity contribution in [1.29, 1.82) is 0 Å². The molecule has 1 aromatic rings. The van der Waals surface area contributed by atoms with Crippen molar-refractivity contribution in [2.75, 3.05) is 26.4 Å². The molecule has 31 heavy (non-hydrogen) atoms. The summed E-state index contributed by atoms with van der Waals surface area (Å²) in [6, 6.07) is 5.74. The number of aliphatic hydroxyl groups excluding tert-OH is 6. The van der Waals surface area contributed by atoms with Crippen molar-refractivity contribution in [1.82, 2.24) is 0 Å². The second-order valence-electron chi connectivity index (χ2n) is 7.67. The molecular weight excluding hydrogens is 420 g/mol. The molecule has 1 aromatic carbocycles. The molecule has 0 amide bonds. The SMILES string of the molecule is OC[C@@]1(O)CO[C@@H](OC[C@H]2O[C@@H](OC[C@@H](O)c3ccc(O)cc3)[C@H](O)[C@@H](O)[C@@H]2O)[C@@H]1O. The molecule has 2 aliphatic heterocycles. The Hall–Kier alpha value is -1.42. The molecule has 3 rings (SSSR count). The van der Waals surface area contributed by atoms with E-state index in [9.17, 15) is 35.7 Å². The van der Waals surface area contributed by atoms with Gasteiger partial charge in [0.1, 0.15) is 48.0 Å². The molecule has 2 aliphatic rings. The normalized spacial score (nSPS) is 39.5. The number of aromatic hydroxyl groups is 1. The van der Waals surface area contributed by atoms with E-state index < -0.39 is 68.0 Å². The standard InChI is InChI=1S/C19H28O12/c20-7-19(27)8-30-18(16(19)26)29-6-12-13(23)14(24)15(25)17(31-12)28-5-11(22)9-1-3-10(21)4-2-9/h1-4,11-18,20-27H,5-8H2/t11-,12-,13-,14+,15-,16+,17-,18-,19-/m1/s1. The van der Waals surface area contributed by atoms with Crippen molar-refractivity contribution in [2.24, 2.45) is 0 Å². The smallest absolute Gasteiger partial charge is 0.186 e. The maximum atomic E-state index is 10.2. The van der Waals surface area contributed by atoms with Crippen LogP contribution in [0.4, 0.5) is 0 Å². The Morgan fingerprint density at radius 3 is 2.29 bits per heavy atom. The molecular formula is C19H28O12. The van der Waals surface area contributed by atoms with Crippen LogP contribution < -0.4 is 0 Å². The molecule has 176 valence electrons. The van der Waals surface area contributed by atoms with Crippen molar-refractivity contribution < 1.29 is 59.8 Å². The molecule has 0 bridgehead atoms. The molecule has 12 nitrogen and oxygen atoms in total. The van der Waals surface area contributed by atoms with Crippen molar-refractivity contribution in [3.63, 3.8) is 0 Å². The quantitative estimate of drug-likeness (QED) is 0.197. The minimum atomic E-state index is -1.89. The summed E-state index contributed by atoms with van der Waals surface area (Å²) < 4.78 is 21.2. The van der Waals surface area contributed by atoms with Crippen molar-refractivity contribution in [3.05, 3.63) is 29.8 Å². The van der Waals surface area contributed by atoms with Gasteiger partial charge in [-0.2, -0.15) is 0 Å². The van der Waals surface area contributed by atoms with E-state index in [1.807, 2.05) is 0 Å². The number of hydrogen-bond donors (Lipinski definition) is 8. The summed E-state index contributed by atoms with van der Waals surface area (Å²) in [4.78, 5) is 0. The van der Waals surface area contributed by atoms with E-state index in [0.717, 1.165) is 0 Å². The van der Waals surface area contributed by atoms with Crippen molar-refractivity contribution in [2.45, 2.75) is 54.8 Å². The molecule has 2 saturated heterocycles. The topological polar surface area (TPSA) is 199 Å². The molecule has 8 N–H and O–H groups in total. The first-order valence-corrected chi connectivity index (χ1v) is 9.69. The van der Waals surface area contributed by atoms with Crippen LogP contribution in [-0.2, 0) is 18.9 Å². The summed E-state index contributed by atoms with van der Waals surface area (Å²) in [6.07, 6.45) is -11.4. The van der Waals surface area contributed by atoms with E-state index in [4.69, 9.17) is 24.1 Å². The summed E-state index contributed by atoms with van der Waals surface area (Å²) in [5.74, 6) is 0.0247. The van der Waals surface area contributed by atoms with Gasteiger partial charge in [-0.15, -0.1) is 0 Å². The largest absolute Gasteiger partial charge is 0.508 e. The first-order valence-electron chi connectivity index (χ1n) is 9.69. The molecule has 0 radical (unpaired) electrons. The van der Waals surface area contributed by atoms with Gasteiger partial charge in [0.25, 0.3) is 0 Å². The summed E-state index contributed by atoms with van der Waals surface area (Å²) in [5, 5.41) is 79.0. The Bertz CT molecular complexity index is 702. The summed E-state index contributed by atoms with van der Waals surface area (Å²) in [5.41, 5.74) is -1.45. The third-order valence-corrected chi connectivity index (χ3v) is 5.37. The maximum absolute atomic E-state index is 10.2. The first-order chi connectivity index (χ1) is 14.7. The fourth-order valence-corrected chi connectivity index (χ4v) is 3.30. The Labute approximate surface area is 177 Å². The fourth-order valence-electron chi connectivity index (χ4n) is 3.30. The zero-order valence-electron chi connectivity index (χ0n) is 16.5. The van der Waals surface area contributed by atoms with E-state index in [1.165, 1.54) is 24.3 Å². The lowest BCUT2D eigenvalue weighted by Crippen LogP contribution is -2.59. The third kappa shape index (κ3) is 5.32. The monoisotopic (exact) mass is 448 g/mol. The van der Waals surface area contributed by atoms with Gasteiger partial charge in [-0.1, -0.05) is 12.1 Å². The molecule has 0 aromatic heterocycles. The lowest BCUT2D eigenvalue weighted by Gasteiger charge is -2.40. The van der Waals surface area contributed by atoms with Crippen LogP contribution in [0.15, 0.2) is 24.3 Å². The van der Waals surface area contributed by atoms with Crippen LogP contribution in [0.25, 0.3) is 0 Å². The van der Waals surface area contributed by atoms with Crippen LogP contribution in [0.2, 0.25) is 0 Å². The van der Waals surface area contributed by atoms with E-state index in [1.54, 1.807) is 0 Å². The number of rotatable bonds is 8. The predicted molar refractivity (Wildman–Crippen MR) is 99.4 cm³/mol. The summed E-state index contributed by atoms with van der Waals surface area (Å²) in [6.45, 7) is -1.85. The lowest BCUT2D eigenvalue weighted by molar-refractivity contribution is -0.312. The molecule has 2 fully saturated rings. The minimum absolute atomic E-state index is 0.0247. The van der Waals surface area contributed by atoms with Gasteiger partial charge in [0.2, 0.25) is 0 Å². The van der Waals surface area contributed by atoms with Gasteiger partial charge in [0.15, 0.2) is 12.6 Å². The number of hydrogen-bond acceptors (Lipinski definition) is 12. The highest BCUT2D eigenvalue weighted by molar-refractivity contribution is 5.27. The first kappa shape index (κ1) is 24.2. The van der Waals surface area contributed by atoms with Crippen LogP contribution >= 0.6 is 0 Å². The Balaban J connectivity index is 1.55. The van der Waals surface area contributed by atoms with E-state index in [2.05, 4.69) is 0 Å². The van der Waals surface area contributed by atoms with Crippen molar-refractivity contribution >= 4 is 0 Å². The highest BCUT2D eigenvalue weighted by Crippen LogP contribution is 2.28. The molecule has 0 aliphatic carbocycles. The zero-order chi connectivity index (χ0) is 22.8. The molecule has 0 unspecified atom stereocenters. The average Bonchev–Trinajstić information content (AvgIpc) is 3.05. The number of ether oxygens (including phenoxy) is 4. The highest BCUT2D eigenvalue weighted by Gasteiger charge is 2.50. The van der Waals surface area contributed by atoms with Gasteiger partial charge in [-0.25, -0.2) is 0 Å². The Kier molecular flexibility index (Phi) is 7.83. The Morgan fingerprint density at radius 2 is 1.68 bits per heavy atom. The number of benzene rings is 1. The van der Waals surface area contributed by atoms with E-state index in [-0.39, 0.29) is 19.0 Å². The lowest BCUT2D eigenvalue weighted by atomic mass is 9.99. The average molecular weight is 448 g/mol. The molecule has 12 heteroatoms. The van der Waals surface area contributed by atoms with Crippen LogP contribution in [0.5, 0.6) is 5.75 Å². The van der Waals surface area contributed by atoms with Crippen LogP contribution in [0, 0.1) is 0 Å². The summed E-state index contributed by atoms with van der Waals surface area (Å²) in [7, 11) is 0. The minimum Gasteiger partial charge on any atom is -0.508 e. The fraction of sp³-hybridized carbons (Fsp3) is 0.684. The number of phenols is 1. The van der Waals surface area contributed by atoms with E-state index in [0.29, 0.717) is 5.56 Å². The van der Waals surface area contributed by atoms with Crippen LogP contribution in [0.3, 0.4) is 0 Å². The van der Waals surface area contributed by atoms with Gasteiger partial charge < -0.3 is 59.8 Å². The van der Waals surface area contributed by atoms with Gasteiger partial charge in [-0.05, 0) is 17.7 Å². The molecule has 2 heterocycles. The van der Waals surface area contributed by atoms with Crippen LogP contribution in [0.1, 0.15) is 11.7 Å². The maximum Gasteiger partial charge on any atom is 0.186 e. The molecule has 0 spiro atoms. The highest BCUT2D eigenvalue weighted by atomic mass is 16.7.